The summed E-state index contributed by atoms with van der Waals surface area (Å²) in [4.78, 5) is 0.470. The molecule has 0 amide bonds. The molecule has 0 aromatic carbocycles. The lowest BCUT2D eigenvalue weighted by atomic mass is 9.84. The van der Waals surface area contributed by atoms with Crippen molar-refractivity contribution in [2.24, 2.45) is 5.92 Å². The maximum Gasteiger partial charge on any atom is 0.521 e. The van der Waals surface area contributed by atoms with Crippen molar-refractivity contribution in [3.05, 3.63) is 5.53 Å². The number of alkyl halides is 1. The van der Waals surface area contributed by atoms with Crippen LogP contribution in [0.3, 0.4) is 0 Å². The molecule has 0 aliphatic carbocycles. The second-order valence-corrected chi connectivity index (χ2v) is 3.65. The Bertz CT molecular complexity index is 99.7. The molecule has 10 heavy (non-hydrogen) atoms. The van der Waals surface area contributed by atoms with Crippen molar-refractivity contribution < 1.29 is 5.03 Å². The van der Waals surface area contributed by atoms with E-state index in [2.05, 4.69) is 29.8 Å². The van der Waals surface area contributed by atoms with E-state index in [4.69, 9.17) is 5.53 Å². The Hall–Kier alpha value is 0.145. The number of rotatable bonds is 5. The normalized spacial score (nSPS) is 15.9. The van der Waals surface area contributed by atoms with Gasteiger partial charge in [0.05, 0.1) is 0 Å². The molecule has 1 N–H and O–H groups in total. The highest BCUT2D eigenvalue weighted by Gasteiger charge is 2.14. The minimum atomic E-state index is 0.470. The standard InChI is InChI=1S/C6H13BBrN2/c1-3-5(2)6(8)4-7-10-9/h5-6,10H,3-4H2,1-2H3. The highest BCUT2D eigenvalue weighted by Crippen LogP contribution is 2.18. The number of nitrogens with one attached hydrogen (secondary N) is 1. The van der Waals surface area contributed by atoms with E-state index in [1.54, 1.807) is 7.41 Å². The van der Waals surface area contributed by atoms with Crippen molar-refractivity contribution in [3.8, 4) is 0 Å². The van der Waals surface area contributed by atoms with Crippen molar-refractivity contribution >= 4 is 23.3 Å². The number of nitrogens with zero attached hydrogens (tertiary/aromatic N) is 1. The molecule has 0 spiro atoms. The maximum absolute atomic E-state index is 8.24. The molecule has 2 atom stereocenters. The molecule has 0 aliphatic heterocycles. The van der Waals surface area contributed by atoms with Crippen LogP contribution in [0, 0.1) is 5.92 Å². The predicted octanol–water partition coefficient (Wildman–Crippen LogP) is 0.936. The Labute approximate surface area is 71.7 Å². The van der Waals surface area contributed by atoms with Gasteiger partial charge in [0.25, 0.3) is 0 Å². The monoisotopic (exact) mass is 203 g/mol. The first-order chi connectivity index (χ1) is 4.72. The lowest BCUT2D eigenvalue weighted by Crippen LogP contribution is -2.66. The van der Waals surface area contributed by atoms with Crippen molar-refractivity contribution in [1.82, 2.24) is 0 Å². The van der Waals surface area contributed by atoms with E-state index < -0.39 is 0 Å². The van der Waals surface area contributed by atoms with E-state index >= 15 is 0 Å². The van der Waals surface area contributed by atoms with Crippen molar-refractivity contribution in [1.29, 1.82) is 0 Å². The Morgan fingerprint density at radius 1 is 1.70 bits per heavy atom. The van der Waals surface area contributed by atoms with Crippen LogP contribution in [0.4, 0.5) is 0 Å². The Morgan fingerprint density at radius 2 is 2.30 bits per heavy atom. The lowest BCUT2D eigenvalue weighted by molar-refractivity contribution is -0.312. The summed E-state index contributed by atoms with van der Waals surface area (Å²) in [5.74, 6) is 0.657. The molecule has 0 saturated carbocycles. The number of hydrogen-bond acceptors (Lipinski definition) is 0. The average Bonchev–Trinajstić information content (AvgIpc) is 1.98. The van der Waals surface area contributed by atoms with Gasteiger partial charge in [-0.15, -0.1) is 0 Å². The minimum absolute atomic E-state index is 0.470. The van der Waals surface area contributed by atoms with Crippen LogP contribution in [0.5, 0.6) is 0 Å². The molecule has 57 valence electrons. The zero-order chi connectivity index (χ0) is 7.98. The summed E-state index contributed by atoms with van der Waals surface area (Å²) in [5.41, 5.74) is 8.24. The molecule has 1 radical (unpaired) electrons. The maximum atomic E-state index is 8.24. The van der Waals surface area contributed by atoms with Crippen LogP contribution >= 0.6 is 15.9 Å². The quantitative estimate of drug-likeness (QED) is 0.393. The van der Waals surface area contributed by atoms with Crippen LogP contribution in [0.25, 0.3) is 5.53 Å². The first-order valence-corrected chi connectivity index (χ1v) is 4.49. The van der Waals surface area contributed by atoms with Gasteiger partial charge < -0.3 is 10.6 Å². The largest absolute Gasteiger partial charge is 0.538 e. The minimum Gasteiger partial charge on any atom is -0.538 e. The molecule has 0 saturated heterocycles. The van der Waals surface area contributed by atoms with Crippen LogP contribution in [0.2, 0.25) is 6.32 Å². The molecule has 0 heterocycles. The third kappa shape index (κ3) is 4.04. The summed E-state index contributed by atoms with van der Waals surface area (Å²) in [5, 5.41) is 2.02. The molecule has 2 unspecified atom stereocenters. The van der Waals surface area contributed by atoms with Crippen molar-refractivity contribution in [2.45, 2.75) is 31.4 Å². The van der Waals surface area contributed by atoms with Gasteiger partial charge in [-0.1, -0.05) is 36.2 Å². The molecular formula is C6H13BBrN2. The second kappa shape index (κ2) is 5.89. The molecule has 0 fully saturated rings. The van der Waals surface area contributed by atoms with Crippen LogP contribution < -0.4 is 5.03 Å². The van der Waals surface area contributed by atoms with Crippen LogP contribution in [-0.4, -0.2) is 12.2 Å². The smallest absolute Gasteiger partial charge is 0.521 e. The zero-order valence-electron chi connectivity index (χ0n) is 6.47. The lowest BCUT2D eigenvalue weighted by Gasteiger charge is -2.12. The van der Waals surface area contributed by atoms with E-state index in [-0.39, 0.29) is 0 Å². The summed E-state index contributed by atoms with van der Waals surface area (Å²) in [6.07, 6.45) is 2.01. The summed E-state index contributed by atoms with van der Waals surface area (Å²) < 4.78 is 0. The second-order valence-electron chi connectivity index (χ2n) is 2.47. The van der Waals surface area contributed by atoms with E-state index in [0.717, 1.165) is 12.7 Å². The zero-order valence-corrected chi connectivity index (χ0v) is 8.06. The van der Waals surface area contributed by atoms with E-state index in [9.17, 15) is 0 Å². The van der Waals surface area contributed by atoms with Gasteiger partial charge in [-0.2, -0.15) is 0 Å². The van der Waals surface area contributed by atoms with E-state index in [1.807, 2.05) is 5.03 Å². The first-order valence-electron chi connectivity index (χ1n) is 3.57. The van der Waals surface area contributed by atoms with Gasteiger partial charge in [-0.3, -0.25) is 0 Å². The molecule has 0 aromatic rings. The van der Waals surface area contributed by atoms with Crippen LogP contribution in [0.15, 0.2) is 0 Å². The van der Waals surface area contributed by atoms with Crippen molar-refractivity contribution in [3.63, 3.8) is 0 Å². The summed E-state index contributed by atoms with van der Waals surface area (Å²) in [6.45, 7) is 4.34. The molecule has 4 heteroatoms. The summed E-state index contributed by atoms with van der Waals surface area (Å²) in [6, 6.07) is 0. The molecule has 0 rings (SSSR count). The van der Waals surface area contributed by atoms with Gasteiger partial charge in [0.2, 0.25) is 0 Å². The highest BCUT2D eigenvalue weighted by atomic mass is 79.9. The van der Waals surface area contributed by atoms with Gasteiger partial charge in [0, 0.05) is 11.1 Å². The van der Waals surface area contributed by atoms with Crippen LogP contribution in [0.1, 0.15) is 20.3 Å². The Balaban J connectivity index is 3.40. The summed E-state index contributed by atoms with van der Waals surface area (Å²) in [7, 11) is 1.64. The Morgan fingerprint density at radius 3 is 2.70 bits per heavy atom. The fourth-order valence-electron chi connectivity index (χ4n) is 0.653. The number of halogens is 1. The fourth-order valence-corrected chi connectivity index (χ4v) is 1.21. The first kappa shape index (κ1) is 10.1. The third-order valence-corrected chi connectivity index (χ3v) is 2.97. The van der Waals surface area contributed by atoms with Gasteiger partial charge in [0.1, 0.15) is 0 Å². The third-order valence-electron chi connectivity index (χ3n) is 1.70. The SMILES string of the molecule is CCC(C)C(Br)C[B][NH+]=[N-]. The van der Waals surface area contributed by atoms with E-state index in [0.29, 0.717) is 10.7 Å². The molecular weight excluding hydrogens is 191 g/mol. The van der Waals surface area contributed by atoms with Crippen LogP contribution in [-0.2, 0) is 0 Å². The van der Waals surface area contributed by atoms with Crippen molar-refractivity contribution in [2.75, 3.05) is 0 Å². The topological polar surface area (TPSA) is 36.3 Å². The fraction of sp³-hybridized carbons (Fsp3) is 1.00. The Kier molecular flexibility index (Phi) is 5.98. The molecule has 0 bridgehead atoms. The average molecular weight is 204 g/mol. The van der Waals surface area contributed by atoms with E-state index in [1.165, 1.54) is 0 Å². The highest BCUT2D eigenvalue weighted by molar-refractivity contribution is 9.09. The van der Waals surface area contributed by atoms with Gasteiger partial charge in [-0.05, 0) is 5.92 Å². The number of hydrogen-bond donors (Lipinski definition) is 1. The molecule has 0 aromatic heterocycles. The molecule has 0 aliphatic rings. The predicted molar refractivity (Wildman–Crippen MR) is 47.1 cm³/mol. The summed E-state index contributed by atoms with van der Waals surface area (Å²) >= 11 is 3.52. The molecule has 2 nitrogen and oxygen atoms in total. The van der Waals surface area contributed by atoms with Gasteiger partial charge in [-0.25, -0.2) is 0 Å². The van der Waals surface area contributed by atoms with Gasteiger partial charge >= 0.3 is 7.41 Å². The van der Waals surface area contributed by atoms with Gasteiger partial charge in [0.15, 0.2) is 0 Å².